The fourth-order valence-corrected chi connectivity index (χ4v) is 1.60. The number of imidazole rings is 1. The minimum atomic E-state index is -0.180. The Bertz CT molecular complexity index is 575. The number of ether oxygens (including phenoxy) is 1. The monoisotopic (exact) mass is 245 g/mol. The van der Waals surface area contributed by atoms with Gasteiger partial charge >= 0.3 is 0 Å². The second-order valence-electron chi connectivity index (χ2n) is 3.87. The van der Waals surface area contributed by atoms with Gasteiger partial charge in [-0.2, -0.15) is 0 Å². The molecule has 0 aromatic carbocycles. The molecule has 1 N–H and O–H groups in total. The average molecular weight is 245 g/mol. The smallest absolute Gasteiger partial charge is 0.258 e. The van der Waals surface area contributed by atoms with Crippen molar-refractivity contribution in [2.45, 2.75) is 6.92 Å². The van der Waals surface area contributed by atoms with Crippen molar-refractivity contribution >= 4 is 11.6 Å². The van der Waals surface area contributed by atoms with Gasteiger partial charge < -0.3 is 14.5 Å². The van der Waals surface area contributed by atoms with Crippen LogP contribution in [0.1, 0.15) is 5.69 Å². The normalized spacial score (nSPS) is 10.3. The number of nitrogens with zero attached hydrogens (tertiary/aromatic N) is 2. The minimum absolute atomic E-state index is 0.0284. The molecule has 0 unspecified atom stereocenters. The molecule has 2 rings (SSSR count). The van der Waals surface area contributed by atoms with Gasteiger partial charge in [0.25, 0.3) is 5.91 Å². The quantitative estimate of drug-likeness (QED) is 0.808. The molecule has 0 aliphatic rings. The van der Waals surface area contributed by atoms with E-state index in [1.807, 2.05) is 29.8 Å². The minimum Gasteiger partial charge on any atom is -0.480 e. The van der Waals surface area contributed by atoms with Gasteiger partial charge in [-0.25, -0.2) is 4.98 Å². The van der Waals surface area contributed by atoms with E-state index in [9.17, 15) is 4.79 Å². The molecule has 2 aromatic rings. The van der Waals surface area contributed by atoms with Crippen LogP contribution in [0, 0.1) is 6.92 Å². The van der Waals surface area contributed by atoms with E-state index < -0.39 is 0 Å². The summed E-state index contributed by atoms with van der Waals surface area (Å²) in [4.78, 5) is 15.7. The molecule has 5 heteroatoms. The predicted molar refractivity (Wildman–Crippen MR) is 68.6 cm³/mol. The van der Waals surface area contributed by atoms with Gasteiger partial charge in [-0.05, 0) is 19.1 Å². The highest BCUT2D eigenvalue weighted by molar-refractivity contribution is 5.77. The van der Waals surface area contributed by atoms with E-state index in [2.05, 4.69) is 16.9 Å². The van der Waals surface area contributed by atoms with Gasteiger partial charge in [0, 0.05) is 18.9 Å². The highest BCUT2D eigenvalue weighted by atomic mass is 16.5. The Morgan fingerprint density at radius 2 is 2.50 bits per heavy atom. The number of fused-ring (bicyclic) bond motifs is 1. The molecule has 0 aliphatic heterocycles. The van der Waals surface area contributed by atoms with Crippen LogP contribution in [-0.4, -0.2) is 28.4 Å². The molecule has 0 fully saturated rings. The first-order valence-corrected chi connectivity index (χ1v) is 5.65. The van der Waals surface area contributed by atoms with E-state index in [4.69, 9.17) is 4.74 Å². The Morgan fingerprint density at radius 3 is 3.28 bits per heavy atom. The second kappa shape index (κ2) is 5.35. The Balaban J connectivity index is 2.07. The first-order chi connectivity index (χ1) is 8.70. The summed E-state index contributed by atoms with van der Waals surface area (Å²) in [6.07, 6.45) is 5.41. The number of hydrogen-bond donors (Lipinski definition) is 1. The van der Waals surface area contributed by atoms with Crippen molar-refractivity contribution in [1.82, 2.24) is 14.7 Å². The van der Waals surface area contributed by atoms with Crippen molar-refractivity contribution in [3.8, 4) is 5.75 Å². The molecule has 0 bridgehead atoms. The Hall–Kier alpha value is -2.30. The lowest BCUT2D eigenvalue weighted by molar-refractivity contribution is -0.122. The summed E-state index contributed by atoms with van der Waals surface area (Å²) in [5, 5.41) is 2.65. The third kappa shape index (κ3) is 2.68. The summed E-state index contributed by atoms with van der Waals surface area (Å²) >= 11 is 0. The number of amides is 1. The predicted octanol–water partition coefficient (Wildman–Crippen LogP) is 1.32. The molecule has 0 atom stereocenters. The van der Waals surface area contributed by atoms with Crippen LogP contribution in [0.3, 0.4) is 0 Å². The van der Waals surface area contributed by atoms with Crippen LogP contribution in [0.15, 0.2) is 37.2 Å². The number of hydrogen-bond acceptors (Lipinski definition) is 3. The highest BCUT2D eigenvalue weighted by Crippen LogP contribution is 2.18. The average Bonchev–Trinajstić information content (AvgIpc) is 2.74. The lowest BCUT2D eigenvalue weighted by atomic mass is 10.4. The van der Waals surface area contributed by atoms with E-state index in [-0.39, 0.29) is 12.5 Å². The Labute approximate surface area is 105 Å². The zero-order valence-electron chi connectivity index (χ0n) is 10.2. The molecular weight excluding hydrogens is 230 g/mol. The third-order valence-electron chi connectivity index (χ3n) is 2.37. The number of nitrogens with one attached hydrogen (secondary N) is 1. The lowest BCUT2D eigenvalue weighted by Crippen LogP contribution is -2.28. The van der Waals surface area contributed by atoms with E-state index >= 15 is 0 Å². The SMILES string of the molecule is C=CCNC(=O)COc1cccn2cc(C)nc12. The van der Waals surface area contributed by atoms with E-state index in [1.54, 1.807) is 12.1 Å². The van der Waals surface area contributed by atoms with E-state index in [0.717, 1.165) is 5.69 Å². The zero-order chi connectivity index (χ0) is 13.0. The number of aromatic nitrogens is 2. The number of aryl methyl sites for hydroxylation is 1. The molecule has 0 radical (unpaired) electrons. The maximum atomic E-state index is 11.4. The molecule has 2 heterocycles. The van der Waals surface area contributed by atoms with Gasteiger partial charge in [-0.15, -0.1) is 6.58 Å². The summed E-state index contributed by atoms with van der Waals surface area (Å²) in [6, 6.07) is 3.65. The van der Waals surface area contributed by atoms with Crippen LogP contribution in [0.5, 0.6) is 5.75 Å². The number of pyridine rings is 1. The van der Waals surface area contributed by atoms with Crippen LogP contribution >= 0.6 is 0 Å². The molecule has 1 amide bonds. The standard InChI is InChI=1S/C13H15N3O2/c1-3-6-14-12(17)9-18-11-5-4-7-16-8-10(2)15-13(11)16/h3-5,7-8H,1,6,9H2,2H3,(H,14,17). The van der Waals surface area contributed by atoms with Crippen molar-refractivity contribution < 1.29 is 9.53 Å². The Kier molecular flexibility index (Phi) is 3.62. The maximum absolute atomic E-state index is 11.4. The lowest BCUT2D eigenvalue weighted by Gasteiger charge is -2.06. The summed E-state index contributed by atoms with van der Waals surface area (Å²) in [5.74, 6) is 0.416. The fraction of sp³-hybridized carbons (Fsp3) is 0.231. The zero-order valence-corrected chi connectivity index (χ0v) is 10.2. The van der Waals surface area contributed by atoms with Gasteiger partial charge in [-0.3, -0.25) is 4.79 Å². The van der Waals surface area contributed by atoms with Gasteiger partial charge in [0.2, 0.25) is 0 Å². The summed E-state index contributed by atoms with van der Waals surface area (Å²) < 4.78 is 7.33. The van der Waals surface area contributed by atoms with Crippen molar-refractivity contribution in [1.29, 1.82) is 0 Å². The highest BCUT2D eigenvalue weighted by Gasteiger charge is 2.07. The molecule has 18 heavy (non-hydrogen) atoms. The molecule has 0 aliphatic carbocycles. The summed E-state index contributed by atoms with van der Waals surface area (Å²) in [6.45, 7) is 5.85. The van der Waals surface area contributed by atoms with Gasteiger partial charge in [0.15, 0.2) is 18.0 Å². The number of carbonyl (C=O) groups is 1. The summed E-state index contributed by atoms with van der Waals surface area (Å²) in [5.41, 5.74) is 1.62. The van der Waals surface area contributed by atoms with Gasteiger partial charge in [-0.1, -0.05) is 6.08 Å². The molecular formula is C13H15N3O2. The van der Waals surface area contributed by atoms with Crippen molar-refractivity contribution in [3.63, 3.8) is 0 Å². The van der Waals surface area contributed by atoms with Crippen LogP contribution in [0.25, 0.3) is 5.65 Å². The topological polar surface area (TPSA) is 55.6 Å². The van der Waals surface area contributed by atoms with Crippen LogP contribution in [-0.2, 0) is 4.79 Å². The van der Waals surface area contributed by atoms with Crippen molar-refractivity contribution in [2.75, 3.05) is 13.2 Å². The number of carbonyl (C=O) groups excluding carboxylic acids is 1. The van der Waals surface area contributed by atoms with Crippen molar-refractivity contribution in [2.24, 2.45) is 0 Å². The Morgan fingerprint density at radius 1 is 1.67 bits per heavy atom. The van der Waals surface area contributed by atoms with Crippen molar-refractivity contribution in [3.05, 3.63) is 42.9 Å². The van der Waals surface area contributed by atoms with Gasteiger partial charge in [0.1, 0.15) is 0 Å². The largest absolute Gasteiger partial charge is 0.480 e. The summed E-state index contributed by atoms with van der Waals surface area (Å²) in [7, 11) is 0. The number of rotatable bonds is 5. The van der Waals surface area contributed by atoms with E-state index in [0.29, 0.717) is 17.9 Å². The molecule has 2 aromatic heterocycles. The van der Waals surface area contributed by atoms with Crippen LogP contribution < -0.4 is 10.1 Å². The second-order valence-corrected chi connectivity index (χ2v) is 3.87. The van der Waals surface area contributed by atoms with Crippen LogP contribution in [0.4, 0.5) is 0 Å². The van der Waals surface area contributed by atoms with Crippen LogP contribution in [0.2, 0.25) is 0 Å². The molecule has 0 spiro atoms. The molecule has 5 nitrogen and oxygen atoms in total. The van der Waals surface area contributed by atoms with E-state index in [1.165, 1.54) is 0 Å². The molecule has 0 saturated carbocycles. The first kappa shape index (κ1) is 12.2. The fourth-order valence-electron chi connectivity index (χ4n) is 1.60. The molecule has 0 saturated heterocycles. The maximum Gasteiger partial charge on any atom is 0.258 e. The van der Waals surface area contributed by atoms with Gasteiger partial charge in [0.05, 0.1) is 5.69 Å². The third-order valence-corrected chi connectivity index (χ3v) is 2.37. The first-order valence-electron chi connectivity index (χ1n) is 5.65. The molecule has 94 valence electrons.